The van der Waals surface area contributed by atoms with E-state index in [2.05, 4.69) is 199 Å². The molecule has 0 unspecified atom stereocenters. The van der Waals surface area contributed by atoms with Crippen LogP contribution < -0.4 is 0 Å². The molecule has 0 aliphatic rings. The zero-order valence-electron chi connectivity index (χ0n) is 28.9. The lowest BCUT2D eigenvalue weighted by molar-refractivity contribution is 1.18. The molecule has 11 rings (SSSR count). The molecule has 2 heteroatoms. The summed E-state index contributed by atoms with van der Waals surface area (Å²) in [5, 5.41) is 11.0. The highest BCUT2D eigenvalue weighted by molar-refractivity contribution is 6.28. The van der Waals surface area contributed by atoms with Crippen LogP contribution in [-0.4, -0.2) is 9.55 Å². The van der Waals surface area contributed by atoms with Crippen molar-refractivity contribution >= 4 is 65.0 Å². The summed E-state index contributed by atoms with van der Waals surface area (Å²) in [6, 6.07) is 70.4. The zero-order chi connectivity index (χ0) is 34.9. The Kier molecular flexibility index (Phi) is 6.59. The van der Waals surface area contributed by atoms with E-state index >= 15 is 0 Å². The predicted octanol–water partition coefficient (Wildman–Crippen LogP) is 13.8. The van der Waals surface area contributed by atoms with Gasteiger partial charge in [0.2, 0.25) is 0 Å². The second-order valence-electron chi connectivity index (χ2n) is 14.0. The van der Waals surface area contributed by atoms with E-state index < -0.39 is 0 Å². The minimum atomic E-state index is 1.00. The Balaban J connectivity index is 1.04. The predicted molar refractivity (Wildman–Crippen MR) is 225 cm³/mol. The van der Waals surface area contributed by atoms with Crippen molar-refractivity contribution in [2.75, 3.05) is 0 Å². The van der Waals surface area contributed by atoms with Crippen LogP contribution in [0.1, 0.15) is 0 Å². The van der Waals surface area contributed by atoms with Crippen LogP contribution in [0.3, 0.4) is 0 Å². The van der Waals surface area contributed by atoms with Gasteiger partial charge in [0.05, 0.1) is 22.2 Å². The fourth-order valence-electron chi connectivity index (χ4n) is 8.36. The summed E-state index contributed by atoms with van der Waals surface area (Å²) >= 11 is 0. The molecular weight excluding hydrogens is 641 g/mol. The highest BCUT2D eigenvalue weighted by Gasteiger charge is 2.20. The van der Waals surface area contributed by atoms with Gasteiger partial charge in [0.1, 0.15) is 0 Å². The fourth-order valence-corrected chi connectivity index (χ4v) is 8.36. The summed E-state index contributed by atoms with van der Waals surface area (Å²) in [5.74, 6) is 0. The molecule has 9 aromatic carbocycles. The number of benzene rings is 9. The first-order valence-corrected chi connectivity index (χ1v) is 18.2. The summed E-state index contributed by atoms with van der Waals surface area (Å²) in [6.45, 7) is 0. The third kappa shape index (κ3) is 4.77. The van der Waals surface area contributed by atoms with Crippen molar-refractivity contribution in [1.82, 2.24) is 9.55 Å². The Labute approximate surface area is 306 Å². The smallest absolute Gasteiger partial charge is 0.0795 e. The number of para-hydroxylation sites is 3. The SMILES string of the molecule is c1ccc(-n2c3ccccc3c3c4c(-c5ccc(-c6ccc7cc(-c8ccc9ccccc9c8)ccc7c6)cc5)nc5ccccc5c4ccc32)cc1. The molecule has 11 aromatic rings. The summed E-state index contributed by atoms with van der Waals surface area (Å²) in [7, 11) is 0. The lowest BCUT2D eigenvalue weighted by atomic mass is 9.94. The lowest BCUT2D eigenvalue weighted by Crippen LogP contribution is -1.94. The van der Waals surface area contributed by atoms with Gasteiger partial charge in [-0.1, -0.05) is 146 Å². The van der Waals surface area contributed by atoms with E-state index in [0.717, 1.165) is 22.5 Å². The second kappa shape index (κ2) is 11.8. The van der Waals surface area contributed by atoms with Crippen LogP contribution in [0.15, 0.2) is 194 Å². The number of aromatic nitrogens is 2. The van der Waals surface area contributed by atoms with Crippen LogP contribution in [0, 0.1) is 0 Å². The van der Waals surface area contributed by atoms with E-state index in [1.54, 1.807) is 0 Å². The van der Waals surface area contributed by atoms with Crippen LogP contribution in [0.25, 0.3) is 104 Å². The number of nitrogens with zero attached hydrogens (tertiary/aromatic N) is 2. The molecule has 2 nitrogen and oxygen atoms in total. The van der Waals surface area contributed by atoms with Gasteiger partial charge in [0.25, 0.3) is 0 Å². The molecule has 0 spiro atoms. The second-order valence-corrected chi connectivity index (χ2v) is 14.0. The summed E-state index contributed by atoms with van der Waals surface area (Å²) in [5.41, 5.74) is 11.5. The molecule has 0 bridgehead atoms. The number of hydrogen-bond acceptors (Lipinski definition) is 1. The average Bonchev–Trinajstić information content (AvgIpc) is 3.58. The maximum absolute atomic E-state index is 5.40. The standard InChI is InChI=1S/C51H32N2/c1-2-12-42(13-3-1)53-47-17-9-7-15-45(47)49-48(53)29-28-44-43-14-6-8-16-46(43)52-51(50(44)49)35-21-18-34(19-22-35)37-24-25-40-32-41(27-26-39(40)31-37)38-23-20-33-10-4-5-11-36(33)30-38/h1-32H. The van der Waals surface area contributed by atoms with Crippen LogP contribution in [0.2, 0.25) is 0 Å². The number of fused-ring (bicyclic) bond motifs is 9. The number of pyridine rings is 1. The molecule has 53 heavy (non-hydrogen) atoms. The molecular formula is C51H32N2. The maximum atomic E-state index is 5.40. The molecule has 0 aliphatic carbocycles. The Morgan fingerprint density at radius 2 is 0.868 bits per heavy atom. The highest BCUT2D eigenvalue weighted by atomic mass is 15.0. The summed E-state index contributed by atoms with van der Waals surface area (Å²) in [6.07, 6.45) is 0. The molecule has 0 fully saturated rings. The van der Waals surface area contributed by atoms with Crippen molar-refractivity contribution in [2.24, 2.45) is 0 Å². The number of hydrogen-bond donors (Lipinski definition) is 0. The molecule has 0 aliphatic heterocycles. The van der Waals surface area contributed by atoms with Gasteiger partial charge in [-0.05, 0) is 97.7 Å². The molecule has 0 atom stereocenters. The van der Waals surface area contributed by atoms with E-state index in [-0.39, 0.29) is 0 Å². The van der Waals surface area contributed by atoms with E-state index in [4.69, 9.17) is 4.98 Å². The molecule has 0 saturated carbocycles. The maximum Gasteiger partial charge on any atom is 0.0795 e. The van der Waals surface area contributed by atoms with Gasteiger partial charge in [-0.25, -0.2) is 4.98 Å². The van der Waals surface area contributed by atoms with Crippen LogP contribution >= 0.6 is 0 Å². The van der Waals surface area contributed by atoms with Gasteiger partial charge >= 0.3 is 0 Å². The van der Waals surface area contributed by atoms with Crippen molar-refractivity contribution in [3.05, 3.63) is 194 Å². The monoisotopic (exact) mass is 672 g/mol. The van der Waals surface area contributed by atoms with Gasteiger partial charge in [-0.2, -0.15) is 0 Å². The first-order chi connectivity index (χ1) is 26.3. The molecule has 0 radical (unpaired) electrons. The number of rotatable bonds is 4. The van der Waals surface area contributed by atoms with E-state index in [1.165, 1.54) is 81.8 Å². The van der Waals surface area contributed by atoms with Gasteiger partial charge in [0.15, 0.2) is 0 Å². The summed E-state index contributed by atoms with van der Waals surface area (Å²) < 4.78 is 2.39. The Hall–Kier alpha value is -7.03. The van der Waals surface area contributed by atoms with E-state index in [1.807, 2.05) is 0 Å². The third-order valence-electron chi connectivity index (χ3n) is 10.9. The Bertz CT molecular complexity index is 3210. The van der Waals surface area contributed by atoms with Crippen LogP contribution in [-0.2, 0) is 0 Å². The quantitative estimate of drug-likeness (QED) is 0.170. The van der Waals surface area contributed by atoms with Crippen LogP contribution in [0.5, 0.6) is 0 Å². The minimum absolute atomic E-state index is 1.00. The molecule has 0 amide bonds. The topological polar surface area (TPSA) is 17.8 Å². The van der Waals surface area contributed by atoms with Gasteiger partial charge in [-0.15, -0.1) is 0 Å². The molecule has 2 aromatic heterocycles. The van der Waals surface area contributed by atoms with Crippen molar-refractivity contribution < 1.29 is 0 Å². The third-order valence-corrected chi connectivity index (χ3v) is 10.9. The Morgan fingerprint density at radius 1 is 0.321 bits per heavy atom. The van der Waals surface area contributed by atoms with Crippen molar-refractivity contribution in [1.29, 1.82) is 0 Å². The van der Waals surface area contributed by atoms with E-state index in [0.29, 0.717) is 0 Å². The molecule has 0 N–H and O–H groups in total. The lowest BCUT2D eigenvalue weighted by Gasteiger charge is -2.13. The van der Waals surface area contributed by atoms with Crippen molar-refractivity contribution in [3.8, 4) is 39.2 Å². The summed E-state index contributed by atoms with van der Waals surface area (Å²) in [4.78, 5) is 5.40. The molecule has 246 valence electrons. The van der Waals surface area contributed by atoms with Crippen molar-refractivity contribution in [2.45, 2.75) is 0 Å². The fraction of sp³-hybridized carbons (Fsp3) is 0. The van der Waals surface area contributed by atoms with Crippen LogP contribution in [0.4, 0.5) is 0 Å². The highest BCUT2D eigenvalue weighted by Crippen LogP contribution is 2.43. The van der Waals surface area contributed by atoms with Crippen molar-refractivity contribution in [3.63, 3.8) is 0 Å². The normalized spacial score (nSPS) is 11.8. The van der Waals surface area contributed by atoms with E-state index in [9.17, 15) is 0 Å². The largest absolute Gasteiger partial charge is 0.309 e. The van der Waals surface area contributed by atoms with Gasteiger partial charge in [-0.3, -0.25) is 0 Å². The van der Waals surface area contributed by atoms with Gasteiger partial charge in [0, 0.05) is 32.8 Å². The molecule has 0 saturated heterocycles. The first kappa shape index (κ1) is 29.7. The zero-order valence-corrected chi connectivity index (χ0v) is 28.9. The Morgan fingerprint density at radius 3 is 1.62 bits per heavy atom. The minimum Gasteiger partial charge on any atom is -0.309 e. The van der Waals surface area contributed by atoms with Gasteiger partial charge < -0.3 is 4.57 Å². The average molecular weight is 673 g/mol. The first-order valence-electron chi connectivity index (χ1n) is 18.2. The molecule has 2 heterocycles.